The van der Waals surface area contributed by atoms with Crippen molar-refractivity contribution >= 4 is 0 Å². The maximum absolute atomic E-state index is 15.0. The number of hydrogen-bond acceptors (Lipinski definition) is 3. The van der Waals surface area contributed by atoms with Crippen LogP contribution in [0.1, 0.15) is 55.9 Å². The van der Waals surface area contributed by atoms with Crippen LogP contribution in [-0.4, -0.2) is 19.3 Å². The van der Waals surface area contributed by atoms with E-state index in [9.17, 15) is 17.6 Å². The molecule has 0 unspecified atom stereocenters. The summed E-state index contributed by atoms with van der Waals surface area (Å²) in [5.41, 5.74) is 1.46. The molecule has 1 saturated heterocycles. The Kier molecular flexibility index (Phi) is 7.91. The van der Waals surface area contributed by atoms with E-state index in [1.165, 1.54) is 0 Å². The van der Waals surface area contributed by atoms with Crippen molar-refractivity contribution in [3.63, 3.8) is 0 Å². The summed E-state index contributed by atoms with van der Waals surface area (Å²) in [6.45, 7) is 3.33. The van der Waals surface area contributed by atoms with Crippen LogP contribution in [0.15, 0.2) is 54.6 Å². The first kappa shape index (κ1) is 27.5. The predicted molar refractivity (Wildman–Crippen MR) is 132 cm³/mol. The molecule has 1 aliphatic carbocycles. The van der Waals surface area contributed by atoms with Crippen LogP contribution in [0.4, 0.5) is 26.3 Å². The van der Waals surface area contributed by atoms with E-state index in [0.29, 0.717) is 44.1 Å². The summed E-state index contributed by atoms with van der Waals surface area (Å²) in [6.07, 6.45) is -2.39. The average molecular weight is 551 g/mol. The normalized spacial score (nSPS) is 24.0. The van der Waals surface area contributed by atoms with E-state index in [1.54, 1.807) is 0 Å². The van der Waals surface area contributed by atoms with Crippen molar-refractivity contribution in [2.75, 3.05) is 13.2 Å². The zero-order valence-electron chi connectivity index (χ0n) is 21.2. The molecule has 5 rings (SSSR count). The summed E-state index contributed by atoms with van der Waals surface area (Å²) < 4.78 is 101. The van der Waals surface area contributed by atoms with Crippen LogP contribution in [0.25, 0.3) is 11.1 Å². The molecule has 0 bridgehead atoms. The highest BCUT2D eigenvalue weighted by Gasteiger charge is 2.44. The molecular weight excluding hydrogens is 522 g/mol. The van der Waals surface area contributed by atoms with Gasteiger partial charge in [0.2, 0.25) is 0 Å². The van der Waals surface area contributed by atoms with Gasteiger partial charge in [0.25, 0.3) is 0 Å². The zero-order chi connectivity index (χ0) is 27.7. The number of halogens is 6. The van der Waals surface area contributed by atoms with Gasteiger partial charge < -0.3 is 14.2 Å². The molecule has 3 aromatic carbocycles. The summed E-state index contributed by atoms with van der Waals surface area (Å²) in [4.78, 5) is 0. The maximum Gasteiger partial charge on any atom is 0.400 e. The lowest BCUT2D eigenvalue weighted by Crippen LogP contribution is -2.37. The lowest BCUT2D eigenvalue weighted by molar-refractivity contribution is -0.222. The molecule has 0 radical (unpaired) electrons. The number of rotatable bonds is 6. The Balaban J connectivity index is 1.19. The number of hydrogen-bond donors (Lipinski definition) is 0. The largest absolute Gasteiger partial charge is 0.432 e. The van der Waals surface area contributed by atoms with E-state index in [4.69, 9.17) is 14.2 Å². The second-order valence-electron chi connectivity index (χ2n) is 10.4. The van der Waals surface area contributed by atoms with Crippen molar-refractivity contribution in [3.8, 4) is 16.9 Å². The van der Waals surface area contributed by atoms with E-state index in [-0.39, 0.29) is 29.9 Å². The zero-order valence-corrected chi connectivity index (χ0v) is 21.2. The minimum Gasteiger partial charge on any atom is -0.432 e. The van der Waals surface area contributed by atoms with Crippen LogP contribution in [0, 0.1) is 35.1 Å². The van der Waals surface area contributed by atoms with Crippen molar-refractivity contribution in [1.29, 1.82) is 0 Å². The van der Waals surface area contributed by atoms with Gasteiger partial charge in [-0.2, -0.15) is 8.78 Å². The van der Waals surface area contributed by atoms with Crippen LogP contribution < -0.4 is 4.74 Å². The molecule has 3 nitrogen and oxygen atoms in total. The number of benzene rings is 3. The van der Waals surface area contributed by atoms with Gasteiger partial charge in [0, 0.05) is 23.1 Å². The average Bonchev–Trinajstić information content (AvgIpc) is 2.92. The fraction of sp³-hybridized carbons (Fsp3) is 0.400. The molecule has 0 N–H and O–H groups in total. The Morgan fingerprint density at radius 2 is 1.33 bits per heavy atom. The Labute approximate surface area is 222 Å². The molecule has 0 spiro atoms. The predicted octanol–water partition coefficient (Wildman–Crippen LogP) is 8.54. The molecule has 2 aliphatic rings. The van der Waals surface area contributed by atoms with Gasteiger partial charge in [-0.1, -0.05) is 31.2 Å². The van der Waals surface area contributed by atoms with Gasteiger partial charge in [0.05, 0.1) is 19.1 Å². The molecule has 9 heteroatoms. The molecule has 1 saturated carbocycles. The van der Waals surface area contributed by atoms with E-state index >= 15 is 8.78 Å². The first-order valence-electron chi connectivity index (χ1n) is 12.9. The van der Waals surface area contributed by atoms with Gasteiger partial charge in [0.1, 0.15) is 11.6 Å². The van der Waals surface area contributed by atoms with Crippen LogP contribution in [0.3, 0.4) is 0 Å². The summed E-state index contributed by atoms with van der Waals surface area (Å²) in [6, 6.07) is 12.0. The highest BCUT2D eigenvalue weighted by Crippen LogP contribution is 2.44. The summed E-state index contributed by atoms with van der Waals surface area (Å²) in [5.74, 6) is -6.65. The minimum absolute atomic E-state index is 0.132. The topological polar surface area (TPSA) is 27.7 Å². The molecule has 1 aliphatic heterocycles. The SMILES string of the molecule is CC1COC(c2ccc(C3CCC(C(F)(F)Oc4ccc(-c5cc(F)c(F)c(F)c5)c(F)c4)CC3)cc2)OC1. The smallest absolute Gasteiger partial charge is 0.400 e. The van der Waals surface area contributed by atoms with Gasteiger partial charge in [-0.3, -0.25) is 0 Å². The second kappa shape index (κ2) is 11.2. The Morgan fingerprint density at radius 1 is 0.744 bits per heavy atom. The van der Waals surface area contributed by atoms with Crippen LogP contribution in [0.2, 0.25) is 0 Å². The molecular formula is C30H28F6O3. The summed E-state index contributed by atoms with van der Waals surface area (Å²) in [5, 5.41) is 0. The molecule has 39 heavy (non-hydrogen) atoms. The van der Waals surface area contributed by atoms with Crippen molar-refractivity contribution < 1.29 is 40.6 Å². The van der Waals surface area contributed by atoms with Gasteiger partial charge in [-0.05, 0) is 67.0 Å². The van der Waals surface area contributed by atoms with E-state index in [0.717, 1.165) is 29.3 Å². The third-order valence-electron chi connectivity index (χ3n) is 7.44. The Morgan fingerprint density at radius 3 is 1.92 bits per heavy atom. The van der Waals surface area contributed by atoms with Crippen molar-refractivity contribution in [2.45, 2.75) is 50.9 Å². The van der Waals surface area contributed by atoms with Crippen molar-refractivity contribution in [2.24, 2.45) is 11.8 Å². The van der Waals surface area contributed by atoms with E-state index < -0.39 is 47.3 Å². The molecule has 208 valence electrons. The molecule has 2 fully saturated rings. The lowest BCUT2D eigenvalue weighted by atomic mass is 9.78. The fourth-order valence-electron chi connectivity index (χ4n) is 5.23. The second-order valence-corrected chi connectivity index (χ2v) is 10.4. The van der Waals surface area contributed by atoms with Crippen molar-refractivity contribution in [1.82, 2.24) is 0 Å². The molecule has 0 atom stereocenters. The molecule has 1 heterocycles. The fourth-order valence-corrected chi connectivity index (χ4v) is 5.23. The third-order valence-corrected chi connectivity index (χ3v) is 7.44. The van der Waals surface area contributed by atoms with E-state index in [1.807, 2.05) is 24.3 Å². The van der Waals surface area contributed by atoms with Gasteiger partial charge in [-0.25, -0.2) is 17.6 Å². The first-order valence-corrected chi connectivity index (χ1v) is 12.9. The molecule has 3 aromatic rings. The maximum atomic E-state index is 15.0. The van der Waals surface area contributed by atoms with Gasteiger partial charge >= 0.3 is 6.11 Å². The summed E-state index contributed by atoms with van der Waals surface area (Å²) in [7, 11) is 0. The van der Waals surface area contributed by atoms with Gasteiger partial charge in [0.15, 0.2) is 23.7 Å². The monoisotopic (exact) mass is 550 g/mol. The van der Waals surface area contributed by atoms with Crippen molar-refractivity contribution in [3.05, 3.63) is 89.0 Å². The first-order chi connectivity index (χ1) is 18.6. The third kappa shape index (κ3) is 6.09. The van der Waals surface area contributed by atoms with Crippen LogP contribution >= 0.6 is 0 Å². The number of alkyl halides is 2. The van der Waals surface area contributed by atoms with Gasteiger partial charge in [-0.15, -0.1) is 0 Å². The quantitative estimate of drug-likeness (QED) is 0.227. The molecule has 0 aromatic heterocycles. The van der Waals surface area contributed by atoms with E-state index in [2.05, 4.69) is 6.92 Å². The van der Waals surface area contributed by atoms with Crippen LogP contribution in [0.5, 0.6) is 5.75 Å². The lowest BCUT2D eigenvalue weighted by Gasteiger charge is -2.33. The Hall–Kier alpha value is -3.04. The Bertz CT molecular complexity index is 1270. The highest BCUT2D eigenvalue weighted by molar-refractivity contribution is 5.65. The standard InChI is InChI=1S/C30H28F6O3/c1-17-15-37-29(38-16-17)20-4-2-18(3-5-20)19-6-8-22(9-7-19)30(35,36)39-23-10-11-24(25(31)14-23)21-12-26(32)28(34)27(33)13-21/h2-5,10-14,17,19,22,29H,6-9,15-16H2,1H3. The highest BCUT2D eigenvalue weighted by atomic mass is 19.3. The molecule has 0 amide bonds. The minimum atomic E-state index is -3.54. The number of ether oxygens (including phenoxy) is 3. The van der Waals surface area contributed by atoms with Crippen LogP contribution in [-0.2, 0) is 9.47 Å². The summed E-state index contributed by atoms with van der Waals surface area (Å²) >= 11 is 0.